The lowest BCUT2D eigenvalue weighted by Gasteiger charge is -2.34. The average molecular weight is 346 g/mol. The predicted molar refractivity (Wildman–Crippen MR) is 89.0 cm³/mol. The van der Waals surface area contributed by atoms with Crippen LogP contribution < -0.4 is 0 Å². The number of amides is 1. The molecule has 1 aliphatic rings. The van der Waals surface area contributed by atoms with Crippen molar-refractivity contribution in [2.75, 3.05) is 7.11 Å². The molecule has 6 nitrogen and oxygen atoms in total. The number of carbonyl (C=O) groups excluding carboxylic acids is 1. The highest BCUT2D eigenvalue weighted by atomic mass is 32.1. The van der Waals surface area contributed by atoms with Gasteiger partial charge in [0.05, 0.1) is 12.3 Å². The molecular weight excluding hydrogens is 328 g/mol. The zero-order valence-electron chi connectivity index (χ0n) is 13.5. The van der Waals surface area contributed by atoms with E-state index in [-0.39, 0.29) is 5.91 Å². The molecule has 1 unspecified atom stereocenters. The van der Waals surface area contributed by atoms with Crippen LogP contribution in [0, 0.1) is 6.92 Å². The lowest BCUT2D eigenvalue weighted by molar-refractivity contribution is -0.142. The first kappa shape index (κ1) is 16.6. The summed E-state index contributed by atoms with van der Waals surface area (Å²) in [5.41, 5.74) is 2.58. The fraction of sp³-hybridized carbons (Fsp3) is 0.353. The first-order valence-corrected chi connectivity index (χ1v) is 8.38. The average Bonchev–Trinajstić information content (AvgIpc) is 2.93. The second-order valence-electron chi connectivity index (χ2n) is 5.72. The van der Waals surface area contributed by atoms with Crippen molar-refractivity contribution in [1.29, 1.82) is 0 Å². The van der Waals surface area contributed by atoms with Gasteiger partial charge >= 0.3 is 5.97 Å². The summed E-state index contributed by atoms with van der Waals surface area (Å²) in [7, 11) is 1.57. The van der Waals surface area contributed by atoms with Gasteiger partial charge in [0.15, 0.2) is 0 Å². The maximum atomic E-state index is 13.0. The molecular formula is C17H18N2O4S. The topological polar surface area (TPSA) is 79.7 Å². The van der Waals surface area contributed by atoms with E-state index in [9.17, 15) is 14.7 Å². The summed E-state index contributed by atoms with van der Waals surface area (Å²) in [6.45, 7) is 2.39. The number of carbonyl (C=O) groups is 2. The Morgan fingerprint density at radius 2 is 2.08 bits per heavy atom. The van der Waals surface area contributed by atoms with Crippen LogP contribution in [0.3, 0.4) is 0 Å². The molecule has 126 valence electrons. The highest BCUT2D eigenvalue weighted by molar-refractivity contribution is 7.13. The number of ether oxygens (including phenoxy) is 1. The number of methoxy groups -OCH3 is 1. The van der Waals surface area contributed by atoms with Crippen molar-refractivity contribution in [2.45, 2.75) is 32.5 Å². The number of aromatic nitrogens is 1. The number of benzene rings is 1. The second-order valence-corrected chi connectivity index (χ2v) is 6.80. The maximum absolute atomic E-state index is 13.0. The van der Waals surface area contributed by atoms with Gasteiger partial charge in [-0.25, -0.2) is 9.78 Å². The Morgan fingerprint density at radius 1 is 1.38 bits per heavy atom. The Labute approximate surface area is 143 Å². The van der Waals surface area contributed by atoms with E-state index in [1.807, 2.05) is 24.3 Å². The predicted octanol–water partition coefficient (Wildman–Crippen LogP) is 2.25. The van der Waals surface area contributed by atoms with Gasteiger partial charge in [-0.2, -0.15) is 0 Å². The van der Waals surface area contributed by atoms with Crippen LogP contribution >= 0.6 is 11.3 Å². The maximum Gasteiger partial charge on any atom is 0.326 e. The minimum absolute atomic E-state index is 0.283. The number of nitrogens with zero attached hydrogens (tertiary/aromatic N) is 2. The lowest BCUT2D eigenvalue weighted by Crippen LogP contribution is -2.48. The molecule has 2 heterocycles. The van der Waals surface area contributed by atoms with Gasteiger partial charge < -0.3 is 14.7 Å². The standard InChI is InChI=1S/C17H18N2O4S/c1-10-15(24-14(18-10)9-23-2)16(20)19-8-12-6-4-3-5-11(12)7-13(19)17(21)22/h3-6,13H,7-9H2,1-2H3,(H,21,22). The molecule has 0 saturated heterocycles. The first-order valence-electron chi connectivity index (χ1n) is 7.57. The molecule has 1 atom stereocenters. The van der Waals surface area contributed by atoms with E-state index in [1.165, 1.54) is 16.2 Å². The van der Waals surface area contributed by atoms with Gasteiger partial charge in [-0.05, 0) is 18.1 Å². The number of carboxylic acid groups (broad SMARTS) is 1. The number of fused-ring (bicyclic) bond motifs is 1. The molecule has 0 saturated carbocycles. The van der Waals surface area contributed by atoms with Crippen molar-refractivity contribution in [3.8, 4) is 0 Å². The summed E-state index contributed by atoms with van der Waals surface area (Å²) in [4.78, 5) is 30.9. The highest BCUT2D eigenvalue weighted by Gasteiger charge is 2.36. The van der Waals surface area contributed by atoms with E-state index in [2.05, 4.69) is 4.98 Å². The van der Waals surface area contributed by atoms with Crippen molar-refractivity contribution < 1.29 is 19.4 Å². The molecule has 3 rings (SSSR count). The van der Waals surface area contributed by atoms with Crippen LogP contribution in [-0.4, -0.2) is 40.0 Å². The van der Waals surface area contributed by atoms with Gasteiger partial charge in [0.1, 0.15) is 15.9 Å². The Bertz CT molecular complexity index is 787. The summed E-state index contributed by atoms with van der Waals surface area (Å²) < 4.78 is 5.06. The molecule has 0 fully saturated rings. The van der Waals surface area contributed by atoms with Crippen LogP contribution in [0.15, 0.2) is 24.3 Å². The number of carboxylic acids is 1. The number of hydrogen-bond acceptors (Lipinski definition) is 5. The van der Waals surface area contributed by atoms with E-state index < -0.39 is 12.0 Å². The highest BCUT2D eigenvalue weighted by Crippen LogP contribution is 2.28. The van der Waals surface area contributed by atoms with Crippen molar-refractivity contribution >= 4 is 23.2 Å². The minimum Gasteiger partial charge on any atom is -0.480 e. The summed E-state index contributed by atoms with van der Waals surface area (Å²) >= 11 is 1.26. The molecule has 0 radical (unpaired) electrons. The van der Waals surface area contributed by atoms with E-state index in [0.29, 0.717) is 35.2 Å². The SMILES string of the molecule is COCc1nc(C)c(C(=O)N2Cc3ccccc3CC2C(=O)O)s1. The van der Waals surface area contributed by atoms with Gasteiger partial charge in [-0.15, -0.1) is 11.3 Å². The number of rotatable bonds is 4. The molecule has 1 N–H and O–H groups in total. The van der Waals surface area contributed by atoms with Crippen LogP contribution in [0.1, 0.15) is 31.5 Å². The number of thiazole rings is 1. The quantitative estimate of drug-likeness (QED) is 0.918. The Balaban J connectivity index is 1.94. The largest absolute Gasteiger partial charge is 0.480 e. The molecule has 1 aliphatic heterocycles. The van der Waals surface area contributed by atoms with E-state index in [1.54, 1.807) is 14.0 Å². The number of aryl methyl sites for hydroxylation is 1. The molecule has 0 aliphatic carbocycles. The third-order valence-corrected chi connectivity index (χ3v) is 5.22. The molecule has 1 aromatic heterocycles. The van der Waals surface area contributed by atoms with Gasteiger partial charge in [0, 0.05) is 20.1 Å². The molecule has 1 amide bonds. The molecule has 0 spiro atoms. The summed E-state index contributed by atoms with van der Waals surface area (Å²) in [6.07, 6.45) is 0.319. The monoisotopic (exact) mass is 346 g/mol. The number of aliphatic carboxylic acids is 1. The van der Waals surface area contributed by atoms with Gasteiger partial charge in [-0.3, -0.25) is 4.79 Å². The number of hydrogen-bond donors (Lipinski definition) is 1. The van der Waals surface area contributed by atoms with Crippen molar-refractivity contribution in [1.82, 2.24) is 9.88 Å². The Morgan fingerprint density at radius 3 is 2.75 bits per heavy atom. The summed E-state index contributed by atoms with van der Waals surface area (Å²) in [6, 6.07) is 6.78. The van der Waals surface area contributed by atoms with Crippen molar-refractivity contribution in [3.63, 3.8) is 0 Å². The Hall–Kier alpha value is -2.25. The van der Waals surface area contributed by atoms with Crippen LogP contribution in [0.5, 0.6) is 0 Å². The van der Waals surface area contributed by atoms with Crippen LogP contribution in [0.2, 0.25) is 0 Å². The molecule has 7 heteroatoms. The molecule has 2 aromatic rings. The van der Waals surface area contributed by atoms with Crippen LogP contribution in [-0.2, 0) is 29.1 Å². The zero-order chi connectivity index (χ0) is 17.3. The molecule has 0 bridgehead atoms. The third-order valence-electron chi connectivity index (χ3n) is 4.10. The molecule has 24 heavy (non-hydrogen) atoms. The fourth-order valence-electron chi connectivity index (χ4n) is 2.92. The van der Waals surface area contributed by atoms with Crippen LogP contribution in [0.4, 0.5) is 0 Å². The second kappa shape index (κ2) is 6.70. The smallest absolute Gasteiger partial charge is 0.326 e. The van der Waals surface area contributed by atoms with Crippen molar-refractivity contribution in [3.05, 3.63) is 51.0 Å². The summed E-state index contributed by atoms with van der Waals surface area (Å²) in [5.74, 6) is -1.27. The van der Waals surface area contributed by atoms with Gasteiger partial charge in [0.2, 0.25) is 0 Å². The van der Waals surface area contributed by atoms with E-state index in [4.69, 9.17) is 4.74 Å². The van der Waals surface area contributed by atoms with Gasteiger partial charge in [-0.1, -0.05) is 24.3 Å². The van der Waals surface area contributed by atoms with Crippen LogP contribution in [0.25, 0.3) is 0 Å². The Kier molecular flexibility index (Phi) is 4.64. The van der Waals surface area contributed by atoms with Gasteiger partial charge in [0.25, 0.3) is 5.91 Å². The minimum atomic E-state index is -0.989. The normalized spacial score (nSPS) is 16.8. The zero-order valence-corrected chi connectivity index (χ0v) is 14.3. The summed E-state index contributed by atoms with van der Waals surface area (Å²) in [5, 5.41) is 10.3. The van der Waals surface area contributed by atoms with E-state index >= 15 is 0 Å². The lowest BCUT2D eigenvalue weighted by atomic mass is 9.94. The van der Waals surface area contributed by atoms with Crippen molar-refractivity contribution in [2.24, 2.45) is 0 Å². The first-order chi connectivity index (χ1) is 11.5. The fourth-order valence-corrected chi connectivity index (χ4v) is 3.92. The third kappa shape index (κ3) is 3.05. The van der Waals surface area contributed by atoms with E-state index in [0.717, 1.165) is 11.1 Å². The molecule has 1 aromatic carbocycles.